The Morgan fingerprint density at radius 1 is 1.64 bits per heavy atom. The van der Waals surface area contributed by atoms with Gasteiger partial charge in [0.15, 0.2) is 0 Å². The molecule has 66 valence electrons. The Balaban J connectivity index is 4.27. The van der Waals surface area contributed by atoms with E-state index in [4.69, 9.17) is 9.22 Å². The molecular formula is C8H17NO2. The number of hydrogen-bond donors (Lipinski definition) is 2. The van der Waals surface area contributed by atoms with Gasteiger partial charge >= 0.3 is 5.97 Å². The first kappa shape index (κ1) is 6.00. The fourth-order valence-corrected chi connectivity index (χ4v) is 0.455. The van der Waals surface area contributed by atoms with Crippen molar-refractivity contribution >= 4 is 5.97 Å². The predicted molar refractivity (Wildman–Crippen MR) is 44.6 cm³/mol. The fraction of sp³-hybridized carbons (Fsp3) is 0.875. The monoisotopic (exact) mass is 162 g/mol. The van der Waals surface area contributed by atoms with Gasteiger partial charge in [0.1, 0.15) is 0 Å². The van der Waals surface area contributed by atoms with Gasteiger partial charge in [-0.25, -0.2) is 0 Å². The molecule has 0 fully saturated rings. The Labute approximate surface area is 72.0 Å². The summed E-state index contributed by atoms with van der Waals surface area (Å²) < 4.78 is 22.1. The predicted octanol–water partition coefficient (Wildman–Crippen LogP) is 1.24. The standard InChI is InChI=1S/C8H17NO2/c1-8(2,3)9-6-4-5-7(10)11/h9H,4-6H2,1-3H3,(H,10,11)/i5D,6D2. The second kappa shape index (κ2) is 4.34. The van der Waals surface area contributed by atoms with Crippen molar-refractivity contribution in [1.82, 2.24) is 5.32 Å². The molecular weight excluding hydrogens is 142 g/mol. The molecule has 0 saturated heterocycles. The lowest BCUT2D eigenvalue weighted by Crippen LogP contribution is -2.36. The molecule has 0 amide bonds. The Kier molecular flexibility index (Phi) is 2.37. The van der Waals surface area contributed by atoms with E-state index in [9.17, 15) is 4.79 Å². The first-order valence-corrected chi connectivity index (χ1v) is 3.48. The van der Waals surface area contributed by atoms with E-state index in [0.717, 1.165) is 0 Å². The van der Waals surface area contributed by atoms with Crippen molar-refractivity contribution in [3.8, 4) is 0 Å². The molecule has 2 N–H and O–H groups in total. The van der Waals surface area contributed by atoms with Crippen LogP contribution in [-0.4, -0.2) is 23.1 Å². The van der Waals surface area contributed by atoms with Gasteiger partial charge in [-0.15, -0.1) is 0 Å². The Morgan fingerprint density at radius 2 is 2.18 bits per heavy atom. The Morgan fingerprint density at radius 3 is 2.55 bits per heavy atom. The summed E-state index contributed by atoms with van der Waals surface area (Å²) in [5.41, 5.74) is -0.443. The van der Waals surface area contributed by atoms with Gasteiger partial charge in [0.25, 0.3) is 0 Å². The molecule has 0 saturated carbocycles. The minimum absolute atomic E-state index is 0.362. The summed E-state index contributed by atoms with van der Waals surface area (Å²) in [6.07, 6.45) is -1.79. The molecule has 0 spiro atoms. The van der Waals surface area contributed by atoms with Crippen LogP contribution in [0.2, 0.25) is 0 Å². The van der Waals surface area contributed by atoms with Gasteiger partial charge in [-0.1, -0.05) is 0 Å². The summed E-state index contributed by atoms with van der Waals surface area (Å²) in [6.45, 7) is 3.52. The zero-order chi connectivity index (χ0) is 11.6. The zero-order valence-corrected chi connectivity index (χ0v) is 7.14. The van der Waals surface area contributed by atoms with Crippen LogP contribution in [-0.2, 0) is 4.79 Å². The number of carboxylic acids is 1. The largest absolute Gasteiger partial charge is 0.481 e. The molecule has 0 radical (unpaired) electrons. The maximum absolute atomic E-state index is 10.4. The third-order valence-corrected chi connectivity index (χ3v) is 0.842. The van der Waals surface area contributed by atoms with Crippen molar-refractivity contribution in [2.24, 2.45) is 0 Å². The molecule has 3 heteroatoms. The number of carboxylic acid groups (broad SMARTS) is 1. The van der Waals surface area contributed by atoms with Crippen LogP contribution in [0.1, 0.15) is 37.7 Å². The third-order valence-electron chi connectivity index (χ3n) is 0.842. The summed E-state index contributed by atoms with van der Waals surface area (Å²) in [7, 11) is 0. The average molecular weight is 162 g/mol. The quantitative estimate of drug-likeness (QED) is 0.654. The number of rotatable bonds is 4. The summed E-state index contributed by atoms with van der Waals surface area (Å²) >= 11 is 0. The number of nitrogens with one attached hydrogen (secondary N) is 1. The van der Waals surface area contributed by atoms with Crippen LogP contribution in [0.4, 0.5) is 0 Å². The van der Waals surface area contributed by atoms with Crippen molar-refractivity contribution in [3.05, 3.63) is 0 Å². The normalized spacial score (nSPS) is 19.7. The highest BCUT2D eigenvalue weighted by Crippen LogP contribution is 1.98. The van der Waals surface area contributed by atoms with Gasteiger partial charge in [0.05, 0.1) is 0 Å². The molecule has 0 aliphatic rings. The third kappa shape index (κ3) is 9.43. The van der Waals surface area contributed by atoms with E-state index >= 15 is 0 Å². The highest BCUT2D eigenvalue weighted by atomic mass is 16.4. The van der Waals surface area contributed by atoms with E-state index in [0.29, 0.717) is 0 Å². The fourth-order valence-electron chi connectivity index (χ4n) is 0.455. The maximum Gasteiger partial charge on any atom is 0.303 e. The molecule has 1 atom stereocenters. The number of hydrogen-bond acceptors (Lipinski definition) is 2. The zero-order valence-electron chi connectivity index (χ0n) is 10.1. The molecule has 0 aliphatic heterocycles. The lowest BCUT2D eigenvalue weighted by atomic mass is 10.1. The Hall–Kier alpha value is -0.570. The van der Waals surface area contributed by atoms with Gasteiger partial charge in [-0.2, -0.15) is 0 Å². The summed E-state index contributed by atoms with van der Waals surface area (Å²) in [5, 5.41) is 11.1. The van der Waals surface area contributed by atoms with Crippen LogP contribution < -0.4 is 5.32 Å². The molecule has 0 aromatic carbocycles. The number of carbonyl (C=O) groups is 1. The van der Waals surface area contributed by atoms with Crippen LogP contribution in [0.15, 0.2) is 0 Å². The number of aliphatic carboxylic acids is 1. The van der Waals surface area contributed by atoms with Crippen molar-refractivity contribution in [2.75, 3.05) is 6.50 Å². The maximum atomic E-state index is 10.4. The molecule has 11 heavy (non-hydrogen) atoms. The van der Waals surface area contributed by atoms with Crippen LogP contribution in [0.3, 0.4) is 0 Å². The minimum atomic E-state index is -1.83. The lowest BCUT2D eigenvalue weighted by molar-refractivity contribution is -0.137. The molecule has 1 unspecified atom stereocenters. The first-order chi connectivity index (χ1) is 6.03. The van der Waals surface area contributed by atoms with Crippen molar-refractivity contribution in [2.45, 2.75) is 39.1 Å². The van der Waals surface area contributed by atoms with Gasteiger partial charge in [0, 0.05) is 16.0 Å². The summed E-state index contributed by atoms with van der Waals surface area (Å²) in [5.74, 6) is -1.30. The lowest BCUT2D eigenvalue weighted by Gasteiger charge is -2.19. The summed E-state index contributed by atoms with van der Waals surface area (Å²) in [4.78, 5) is 10.4. The molecule has 0 bridgehead atoms. The van der Waals surface area contributed by atoms with Crippen LogP contribution in [0, 0.1) is 0 Å². The van der Waals surface area contributed by atoms with Crippen molar-refractivity contribution < 1.29 is 14.0 Å². The molecule has 0 rings (SSSR count). The van der Waals surface area contributed by atoms with Crippen molar-refractivity contribution in [1.29, 1.82) is 0 Å². The molecule has 0 aromatic rings. The van der Waals surface area contributed by atoms with Crippen molar-refractivity contribution in [3.63, 3.8) is 0 Å². The smallest absolute Gasteiger partial charge is 0.303 e. The van der Waals surface area contributed by atoms with Crippen LogP contribution >= 0.6 is 0 Å². The first-order valence-electron chi connectivity index (χ1n) is 5.06. The van der Waals surface area contributed by atoms with Gasteiger partial charge in [-0.05, 0) is 33.7 Å². The average Bonchev–Trinajstić information content (AvgIpc) is 1.78. The molecule has 0 aliphatic carbocycles. The van der Waals surface area contributed by atoms with E-state index in [1.54, 1.807) is 20.8 Å². The second-order valence-corrected chi connectivity index (χ2v) is 3.30. The van der Waals surface area contributed by atoms with Gasteiger partial charge < -0.3 is 10.4 Å². The van der Waals surface area contributed by atoms with E-state index < -0.39 is 24.4 Å². The molecule has 0 aromatic heterocycles. The van der Waals surface area contributed by atoms with Crippen LogP contribution in [0.25, 0.3) is 0 Å². The van der Waals surface area contributed by atoms with E-state index in [-0.39, 0.29) is 6.42 Å². The second-order valence-electron chi connectivity index (χ2n) is 3.30. The van der Waals surface area contributed by atoms with E-state index in [1.807, 2.05) is 0 Å². The Bertz CT molecular complexity index is 213. The van der Waals surface area contributed by atoms with E-state index in [2.05, 4.69) is 5.32 Å². The van der Waals surface area contributed by atoms with Gasteiger partial charge in [-0.3, -0.25) is 4.79 Å². The molecule has 3 nitrogen and oxygen atoms in total. The highest BCUT2D eigenvalue weighted by molar-refractivity contribution is 5.66. The highest BCUT2D eigenvalue weighted by Gasteiger charge is 2.07. The minimum Gasteiger partial charge on any atom is -0.481 e. The van der Waals surface area contributed by atoms with E-state index in [1.165, 1.54) is 0 Å². The SMILES string of the molecule is [2H]C(CC([2H])([2H])NC(C)(C)C)C(=O)O. The van der Waals surface area contributed by atoms with Crippen LogP contribution in [0.5, 0.6) is 0 Å². The van der Waals surface area contributed by atoms with Gasteiger partial charge in [0.2, 0.25) is 0 Å². The topological polar surface area (TPSA) is 49.3 Å². The molecule has 0 heterocycles. The summed E-state index contributed by atoms with van der Waals surface area (Å²) in [6, 6.07) is 0.